The van der Waals surface area contributed by atoms with Gasteiger partial charge < -0.3 is 30.8 Å². The molecule has 1 amide bonds. The van der Waals surface area contributed by atoms with E-state index in [-0.39, 0.29) is 24.3 Å². The summed E-state index contributed by atoms with van der Waals surface area (Å²) in [6.45, 7) is 6.95. The number of methoxy groups -OCH3 is 1. The van der Waals surface area contributed by atoms with E-state index in [0.717, 1.165) is 30.9 Å². The third kappa shape index (κ3) is 9.80. The van der Waals surface area contributed by atoms with Gasteiger partial charge in [0.1, 0.15) is 5.82 Å². The van der Waals surface area contributed by atoms with Gasteiger partial charge in [0.05, 0.1) is 43.1 Å². The van der Waals surface area contributed by atoms with Crippen LogP contribution in [0.1, 0.15) is 56.5 Å². The Labute approximate surface area is 245 Å². The number of amides is 1. The summed E-state index contributed by atoms with van der Waals surface area (Å²) in [5.41, 5.74) is 2.23. The van der Waals surface area contributed by atoms with Gasteiger partial charge in [0, 0.05) is 41.4 Å². The summed E-state index contributed by atoms with van der Waals surface area (Å²) >= 11 is 12.4. The van der Waals surface area contributed by atoms with Crippen molar-refractivity contribution in [2.24, 2.45) is 0 Å². The average molecular weight is 591 g/mol. The zero-order chi connectivity index (χ0) is 29.3. The molecule has 2 aromatic rings. The molecule has 0 fully saturated rings. The molecule has 1 aromatic carbocycles. The van der Waals surface area contributed by atoms with Crippen molar-refractivity contribution in [3.05, 3.63) is 69.0 Å². The molecule has 1 aliphatic rings. The van der Waals surface area contributed by atoms with Gasteiger partial charge in [-0.1, -0.05) is 29.3 Å². The molecule has 0 radical (unpaired) electrons. The van der Waals surface area contributed by atoms with Gasteiger partial charge in [0.15, 0.2) is 0 Å². The summed E-state index contributed by atoms with van der Waals surface area (Å²) in [4.78, 5) is 30.4. The third-order valence-corrected chi connectivity index (χ3v) is 6.57. The number of aryl methyl sites for hydroxylation is 1. The van der Waals surface area contributed by atoms with Crippen molar-refractivity contribution in [3.8, 4) is 0 Å². The van der Waals surface area contributed by atoms with E-state index in [1.54, 1.807) is 18.2 Å². The van der Waals surface area contributed by atoms with Crippen LogP contribution in [-0.2, 0) is 31.9 Å². The first kappa shape index (κ1) is 31.4. The quantitative estimate of drug-likeness (QED) is 0.118. The summed E-state index contributed by atoms with van der Waals surface area (Å²) in [5.74, 6) is -0.155. The Morgan fingerprint density at radius 2 is 1.93 bits per heavy atom. The van der Waals surface area contributed by atoms with E-state index in [1.807, 2.05) is 26.8 Å². The smallest absolute Gasteiger partial charge is 0.307 e. The van der Waals surface area contributed by atoms with E-state index in [0.29, 0.717) is 28.6 Å². The maximum atomic E-state index is 13.5. The largest absolute Gasteiger partial charge is 0.469 e. The average Bonchev–Trinajstić information content (AvgIpc) is 2.90. The number of nitrogens with one attached hydrogen (secondary N) is 4. The third-order valence-electron chi connectivity index (χ3n) is 6.13. The number of anilines is 1. The monoisotopic (exact) mass is 589 g/mol. The first-order chi connectivity index (χ1) is 18.9. The van der Waals surface area contributed by atoms with Crippen LogP contribution < -0.4 is 16.0 Å². The molecule has 0 saturated heterocycles. The molecule has 4 N–H and O–H groups in total. The van der Waals surface area contributed by atoms with Crippen molar-refractivity contribution in [2.45, 2.75) is 58.1 Å². The van der Waals surface area contributed by atoms with E-state index in [2.05, 4.69) is 22.0 Å². The molecule has 216 valence electrons. The number of nitrogens with zero attached hydrogens (tertiary/aromatic N) is 1. The van der Waals surface area contributed by atoms with Crippen LogP contribution >= 0.6 is 23.2 Å². The minimum atomic E-state index is -0.789. The lowest BCUT2D eigenvalue weighted by Crippen LogP contribution is -2.36. The number of carbonyl (C=O) groups is 2. The lowest BCUT2D eigenvalue weighted by Gasteiger charge is -2.22. The maximum absolute atomic E-state index is 13.5. The van der Waals surface area contributed by atoms with E-state index in [9.17, 15) is 9.59 Å². The summed E-state index contributed by atoms with van der Waals surface area (Å²) in [6, 6.07) is 8.13. The zero-order valence-corrected chi connectivity index (χ0v) is 24.8. The van der Waals surface area contributed by atoms with Gasteiger partial charge in [0.25, 0.3) is 5.91 Å². The van der Waals surface area contributed by atoms with E-state index in [1.165, 1.54) is 18.9 Å². The standard InChI is InChI=1S/C29H37Cl2N5O4/c1-29(2,3)40-17-24(32)23(16-33-11-9-22-8-7-18-6-5-10-34-27(18)35-22)28(38)36-25(15-26(37)39-4)19-12-20(30)14-21(31)13-19/h7-8,12-14,16,25,32-33H,5-6,9-11,15,17H2,1-4H3,(H,34,35)(H,36,38)/b23-16+,32-24?. The highest BCUT2D eigenvalue weighted by atomic mass is 35.5. The van der Waals surface area contributed by atoms with Crippen molar-refractivity contribution in [3.63, 3.8) is 0 Å². The predicted molar refractivity (Wildman–Crippen MR) is 158 cm³/mol. The Morgan fingerprint density at radius 3 is 2.60 bits per heavy atom. The van der Waals surface area contributed by atoms with Crippen LogP contribution in [0.5, 0.6) is 0 Å². The van der Waals surface area contributed by atoms with Crippen LogP contribution in [0.4, 0.5) is 5.82 Å². The molecule has 3 rings (SSSR count). The molecule has 40 heavy (non-hydrogen) atoms. The van der Waals surface area contributed by atoms with Crippen molar-refractivity contribution in [1.29, 1.82) is 5.41 Å². The fourth-order valence-corrected chi connectivity index (χ4v) is 4.60. The Hall–Kier alpha value is -3.14. The fraction of sp³-hybridized carbons (Fsp3) is 0.448. The number of aromatic nitrogens is 1. The molecular weight excluding hydrogens is 553 g/mol. The SMILES string of the molecule is COC(=O)CC(NC(=O)/C(=C/NCCc1ccc2c(n1)NCCC2)C(=N)COC(C)(C)C)c1cc(Cl)cc(Cl)c1. The summed E-state index contributed by atoms with van der Waals surface area (Å²) in [5, 5.41) is 18.7. The molecule has 1 aliphatic heterocycles. The van der Waals surface area contributed by atoms with Crippen LogP contribution in [0, 0.1) is 5.41 Å². The lowest BCUT2D eigenvalue weighted by molar-refractivity contribution is -0.141. The second kappa shape index (κ2) is 14.5. The molecule has 1 unspecified atom stereocenters. The molecule has 2 heterocycles. The Morgan fingerprint density at radius 1 is 1.20 bits per heavy atom. The predicted octanol–water partition coefficient (Wildman–Crippen LogP) is 5.02. The Bertz CT molecular complexity index is 1240. The molecule has 1 aromatic heterocycles. The summed E-state index contributed by atoms with van der Waals surface area (Å²) in [6.07, 6.45) is 4.09. The van der Waals surface area contributed by atoms with Crippen LogP contribution in [-0.4, -0.2) is 55.0 Å². The van der Waals surface area contributed by atoms with Crippen LogP contribution in [0.2, 0.25) is 10.0 Å². The zero-order valence-electron chi connectivity index (χ0n) is 23.3. The Balaban J connectivity index is 1.77. The molecule has 9 nitrogen and oxygen atoms in total. The number of hydrogen-bond acceptors (Lipinski definition) is 8. The van der Waals surface area contributed by atoms with Crippen molar-refractivity contribution in [1.82, 2.24) is 15.6 Å². The molecular formula is C29H37Cl2N5O4. The molecule has 1 atom stereocenters. The number of hydrogen-bond donors (Lipinski definition) is 4. The first-order valence-electron chi connectivity index (χ1n) is 13.2. The van der Waals surface area contributed by atoms with Crippen LogP contribution in [0.25, 0.3) is 0 Å². The van der Waals surface area contributed by atoms with Crippen molar-refractivity contribution in [2.75, 3.05) is 32.1 Å². The highest BCUT2D eigenvalue weighted by molar-refractivity contribution is 6.34. The number of ether oxygens (including phenoxy) is 2. The normalized spacial score (nSPS) is 14.0. The molecule has 11 heteroatoms. The van der Waals surface area contributed by atoms with Crippen LogP contribution in [0.15, 0.2) is 42.1 Å². The van der Waals surface area contributed by atoms with Gasteiger partial charge in [-0.3, -0.25) is 9.59 Å². The van der Waals surface area contributed by atoms with E-state index >= 15 is 0 Å². The van der Waals surface area contributed by atoms with Crippen molar-refractivity contribution >= 4 is 46.6 Å². The van der Waals surface area contributed by atoms with Gasteiger partial charge in [0.2, 0.25) is 0 Å². The minimum Gasteiger partial charge on any atom is -0.469 e. The fourth-order valence-electron chi connectivity index (χ4n) is 4.05. The summed E-state index contributed by atoms with van der Waals surface area (Å²) in [7, 11) is 1.27. The minimum absolute atomic E-state index is 0.0167. The molecule has 0 saturated carbocycles. The van der Waals surface area contributed by atoms with E-state index in [4.69, 9.17) is 43.1 Å². The number of rotatable bonds is 12. The van der Waals surface area contributed by atoms with Gasteiger partial charge in [-0.2, -0.15) is 0 Å². The number of halogens is 2. The van der Waals surface area contributed by atoms with Gasteiger partial charge >= 0.3 is 5.97 Å². The van der Waals surface area contributed by atoms with Gasteiger partial charge in [-0.05, 0) is 69.0 Å². The second-order valence-corrected chi connectivity index (χ2v) is 11.4. The van der Waals surface area contributed by atoms with E-state index < -0.39 is 23.5 Å². The second-order valence-electron chi connectivity index (χ2n) is 10.5. The number of fused-ring (bicyclic) bond motifs is 1. The first-order valence-corrected chi connectivity index (χ1v) is 13.9. The molecule has 0 spiro atoms. The van der Waals surface area contributed by atoms with Gasteiger partial charge in [-0.15, -0.1) is 0 Å². The lowest BCUT2D eigenvalue weighted by atomic mass is 10.0. The summed E-state index contributed by atoms with van der Waals surface area (Å²) < 4.78 is 10.6. The number of esters is 1. The van der Waals surface area contributed by atoms with Gasteiger partial charge in [-0.25, -0.2) is 4.98 Å². The Kier molecular flexibility index (Phi) is 11.4. The number of carbonyl (C=O) groups excluding carboxylic acids is 2. The molecule has 0 aliphatic carbocycles. The topological polar surface area (TPSA) is 125 Å². The number of benzene rings is 1. The maximum Gasteiger partial charge on any atom is 0.307 e. The number of pyridine rings is 1. The highest BCUT2D eigenvalue weighted by Gasteiger charge is 2.24. The molecule has 0 bridgehead atoms. The van der Waals surface area contributed by atoms with Crippen LogP contribution in [0.3, 0.4) is 0 Å². The van der Waals surface area contributed by atoms with Crippen molar-refractivity contribution < 1.29 is 19.1 Å². The highest BCUT2D eigenvalue weighted by Crippen LogP contribution is 2.26.